The molecule has 1 N–H and O–H groups in total. The average Bonchev–Trinajstić information content (AvgIpc) is 2.84. The Morgan fingerprint density at radius 2 is 2.15 bits per heavy atom. The molecule has 20 heavy (non-hydrogen) atoms. The molecular weight excluding hydrogens is 298 g/mol. The minimum Gasteiger partial charge on any atom is -0.777 e. The summed E-state index contributed by atoms with van der Waals surface area (Å²) < 4.78 is 22.4. The van der Waals surface area contributed by atoms with Gasteiger partial charge in [-0.2, -0.15) is 0 Å². The minimum absolute atomic E-state index is 0. The molecule has 0 radical (unpaired) electrons. The number of aromatic nitrogens is 2. The SMILES string of the molecule is COP(=O)([O-])C1CCC(n2cc(C)c(=O)[nH]c2=O)O1.[Na+]. The molecule has 1 saturated heterocycles. The first-order valence-electron chi connectivity index (χ1n) is 5.69. The standard InChI is InChI=1S/C10H15N2O6P.Na/c1-6-5-12(10(14)11-9(6)13)7-3-4-8(18-7)19(15,16)17-2;/h5,7-8H,3-4H2,1-2H3,(H,15,16)(H,11,13,14);/q;+1/p-1. The molecule has 1 aromatic rings. The van der Waals surface area contributed by atoms with E-state index in [1.807, 2.05) is 0 Å². The second-order valence-corrected chi connectivity index (χ2v) is 6.34. The Morgan fingerprint density at radius 3 is 2.75 bits per heavy atom. The van der Waals surface area contributed by atoms with Gasteiger partial charge in [0.05, 0.1) is 0 Å². The van der Waals surface area contributed by atoms with Crippen LogP contribution in [0.2, 0.25) is 0 Å². The monoisotopic (exact) mass is 312 g/mol. The summed E-state index contributed by atoms with van der Waals surface area (Å²) in [5.74, 6) is -1.07. The van der Waals surface area contributed by atoms with E-state index >= 15 is 0 Å². The van der Waals surface area contributed by atoms with Crippen molar-refractivity contribution in [1.29, 1.82) is 0 Å². The summed E-state index contributed by atoms with van der Waals surface area (Å²) in [6.07, 6.45) is 1.23. The van der Waals surface area contributed by atoms with E-state index < -0.39 is 30.9 Å². The topological polar surface area (TPSA) is 113 Å². The molecule has 3 unspecified atom stereocenters. The van der Waals surface area contributed by atoms with E-state index in [4.69, 9.17) is 4.74 Å². The molecule has 0 saturated carbocycles. The molecule has 1 fully saturated rings. The summed E-state index contributed by atoms with van der Waals surface area (Å²) >= 11 is 0. The van der Waals surface area contributed by atoms with Crippen molar-refractivity contribution in [2.24, 2.45) is 0 Å². The van der Waals surface area contributed by atoms with Crippen molar-refractivity contribution in [3.05, 3.63) is 32.6 Å². The van der Waals surface area contributed by atoms with Crippen molar-refractivity contribution >= 4 is 7.60 Å². The van der Waals surface area contributed by atoms with Crippen molar-refractivity contribution in [3.63, 3.8) is 0 Å². The predicted molar refractivity (Wildman–Crippen MR) is 63.8 cm³/mol. The molecule has 2 rings (SSSR count). The van der Waals surface area contributed by atoms with Crippen molar-refractivity contribution in [3.8, 4) is 0 Å². The van der Waals surface area contributed by atoms with Crippen LogP contribution in [0.3, 0.4) is 0 Å². The number of hydrogen-bond acceptors (Lipinski definition) is 6. The fourth-order valence-electron chi connectivity index (χ4n) is 1.96. The largest absolute Gasteiger partial charge is 1.00 e. The van der Waals surface area contributed by atoms with Crippen LogP contribution >= 0.6 is 7.60 Å². The van der Waals surface area contributed by atoms with Crippen LogP contribution in [0.1, 0.15) is 24.6 Å². The molecule has 3 atom stereocenters. The molecular formula is C10H14N2NaO6P. The number of hydrogen-bond donors (Lipinski definition) is 1. The summed E-state index contributed by atoms with van der Waals surface area (Å²) in [4.78, 5) is 36.6. The number of nitrogens with zero attached hydrogens (tertiary/aromatic N) is 1. The van der Waals surface area contributed by atoms with Gasteiger partial charge in [-0.1, -0.05) is 0 Å². The van der Waals surface area contributed by atoms with E-state index in [0.29, 0.717) is 12.0 Å². The molecule has 1 aliphatic heterocycles. The molecule has 1 aromatic heterocycles. The van der Waals surface area contributed by atoms with Gasteiger partial charge in [0.25, 0.3) is 5.56 Å². The molecule has 8 nitrogen and oxygen atoms in total. The first kappa shape index (κ1) is 17.8. The van der Waals surface area contributed by atoms with Crippen molar-refractivity contribution < 1.29 is 48.3 Å². The van der Waals surface area contributed by atoms with E-state index in [2.05, 4.69) is 9.51 Å². The van der Waals surface area contributed by atoms with Gasteiger partial charge in [0, 0.05) is 18.9 Å². The molecule has 0 amide bonds. The number of aryl methyl sites for hydroxylation is 1. The second-order valence-electron chi connectivity index (χ2n) is 4.32. The van der Waals surface area contributed by atoms with Gasteiger partial charge >= 0.3 is 35.2 Å². The predicted octanol–water partition coefficient (Wildman–Crippen LogP) is -3.32. The van der Waals surface area contributed by atoms with Crippen LogP contribution in [0.15, 0.2) is 15.8 Å². The normalized spacial score (nSPS) is 24.9. The van der Waals surface area contributed by atoms with Crippen LogP contribution in [0.25, 0.3) is 0 Å². The Bertz CT molecular complexity index is 641. The molecule has 106 valence electrons. The van der Waals surface area contributed by atoms with Crippen LogP contribution in [0.5, 0.6) is 0 Å². The molecule has 0 aliphatic carbocycles. The van der Waals surface area contributed by atoms with Crippen LogP contribution in [0.4, 0.5) is 0 Å². The zero-order valence-corrected chi connectivity index (χ0v) is 14.4. The van der Waals surface area contributed by atoms with E-state index in [9.17, 15) is 19.0 Å². The van der Waals surface area contributed by atoms with E-state index in [-0.39, 0.29) is 36.0 Å². The smallest absolute Gasteiger partial charge is 0.777 e. The maximum absolute atomic E-state index is 11.7. The molecule has 10 heteroatoms. The van der Waals surface area contributed by atoms with Crippen LogP contribution in [-0.4, -0.2) is 22.5 Å². The van der Waals surface area contributed by atoms with Gasteiger partial charge in [-0.25, -0.2) is 4.79 Å². The van der Waals surface area contributed by atoms with Crippen LogP contribution in [0, 0.1) is 6.92 Å². The maximum atomic E-state index is 11.7. The number of aromatic amines is 1. The van der Waals surface area contributed by atoms with Gasteiger partial charge in [0.1, 0.15) is 12.1 Å². The third-order valence-corrected chi connectivity index (χ3v) is 4.63. The molecule has 0 spiro atoms. The van der Waals surface area contributed by atoms with E-state index in [1.54, 1.807) is 6.92 Å². The van der Waals surface area contributed by atoms with Gasteiger partial charge in [-0.05, 0) is 19.8 Å². The Balaban J connectivity index is 0.00000200. The Labute approximate surface area is 136 Å². The third kappa shape index (κ3) is 3.51. The van der Waals surface area contributed by atoms with E-state index in [0.717, 1.165) is 7.11 Å². The average molecular weight is 312 g/mol. The fourth-order valence-corrected chi connectivity index (χ4v) is 2.95. The summed E-state index contributed by atoms with van der Waals surface area (Å²) in [6.45, 7) is 1.55. The van der Waals surface area contributed by atoms with Crippen LogP contribution < -0.4 is 45.7 Å². The zero-order chi connectivity index (χ0) is 14.2. The molecule has 2 heterocycles. The fraction of sp³-hybridized carbons (Fsp3) is 0.600. The maximum Gasteiger partial charge on any atom is 1.00 e. The van der Waals surface area contributed by atoms with Crippen molar-refractivity contribution in [1.82, 2.24) is 9.55 Å². The van der Waals surface area contributed by atoms with Crippen molar-refractivity contribution in [2.75, 3.05) is 7.11 Å². The summed E-state index contributed by atoms with van der Waals surface area (Å²) in [5, 5.41) is 0. The second kappa shape index (κ2) is 6.70. The summed E-state index contributed by atoms with van der Waals surface area (Å²) in [6, 6.07) is 0. The zero-order valence-electron chi connectivity index (χ0n) is 11.5. The Kier molecular flexibility index (Phi) is 5.98. The van der Waals surface area contributed by atoms with Gasteiger partial charge in [0.2, 0.25) is 0 Å². The number of nitrogens with one attached hydrogen (secondary N) is 1. The number of H-pyrrole nitrogens is 1. The van der Waals surface area contributed by atoms with Gasteiger partial charge in [-0.3, -0.25) is 14.3 Å². The van der Waals surface area contributed by atoms with Crippen LogP contribution in [-0.2, 0) is 13.8 Å². The first-order valence-corrected chi connectivity index (χ1v) is 7.30. The summed E-state index contributed by atoms with van der Waals surface area (Å²) in [5.41, 5.74) is -0.745. The molecule has 0 bridgehead atoms. The molecule has 1 aliphatic rings. The number of ether oxygens (including phenoxy) is 1. The summed E-state index contributed by atoms with van der Waals surface area (Å²) in [7, 11) is -3.00. The van der Waals surface area contributed by atoms with Gasteiger partial charge < -0.3 is 18.7 Å². The third-order valence-electron chi connectivity index (χ3n) is 3.04. The first-order chi connectivity index (χ1) is 8.85. The Hall–Kier alpha value is -0.210. The van der Waals surface area contributed by atoms with Gasteiger partial charge in [0.15, 0.2) is 7.60 Å². The van der Waals surface area contributed by atoms with Crippen molar-refractivity contribution in [2.45, 2.75) is 31.8 Å². The minimum atomic E-state index is -4.07. The quantitative estimate of drug-likeness (QED) is 0.462. The van der Waals surface area contributed by atoms with Gasteiger partial charge in [-0.15, -0.1) is 0 Å². The molecule has 0 aromatic carbocycles. The van der Waals surface area contributed by atoms with E-state index in [1.165, 1.54) is 10.8 Å². The Morgan fingerprint density at radius 1 is 1.50 bits per heavy atom. The number of rotatable bonds is 3.